The molecule has 0 aliphatic carbocycles. The summed E-state index contributed by atoms with van der Waals surface area (Å²) in [6, 6.07) is 1.83. The van der Waals surface area contributed by atoms with E-state index in [1.54, 1.807) is 0 Å². The first-order chi connectivity index (χ1) is 12.6. The van der Waals surface area contributed by atoms with Gasteiger partial charge in [-0.3, -0.25) is 9.69 Å². The first-order valence-corrected chi connectivity index (χ1v) is 8.63. The first-order valence-electron chi connectivity index (χ1n) is 8.63. The van der Waals surface area contributed by atoms with Crippen LogP contribution in [0.4, 0.5) is 13.2 Å². The van der Waals surface area contributed by atoms with Gasteiger partial charge < -0.3 is 9.30 Å². The van der Waals surface area contributed by atoms with Crippen molar-refractivity contribution in [2.24, 2.45) is 0 Å². The summed E-state index contributed by atoms with van der Waals surface area (Å²) in [5, 5.41) is 0. The minimum Gasteiger partial charge on any atom is -0.485 e. The van der Waals surface area contributed by atoms with E-state index < -0.39 is 12.7 Å². The Balaban J connectivity index is 1.75. The lowest BCUT2D eigenvalue weighted by Crippen LogP contribution is -2.56. The van der Waals surface area contributed by atoms with Crippen molar-refractivity contribution in [1.82, 2.24) is 19.4 Å². The molecule has 0 spiro atoms. The molecule has 1 aliphatic rings. The molecule has 0 unspecified atom stereocenters. The monoisotopic (exact) mass is 382 g/mol. The number of ether oxygens (including phenoxy) is 1. The summed E-state index contributed by atoms with van der Waals surface area (Å²) in [6.07, 6.45) is -0.303. The molecule has 2 aromatic heterocycles. The molecule has 0 radical (unpaired) electrons. The van der Waals surface area contributed by atoms with Crippen LogP contribution in [0.15, 0.2) is 24.7 Å². The molecular weight excluding hydrogens is 361 g/mol. The van der Waals surface area contributed by atoms with Gasteiger partial charge in [-0.2, -0.15) is 13.2 Å². The number of likely N-dealkylation sites (tertiary alicyclic amines) is 1. The van der Waals surface area contributed by atoms with E-state index in [0.717, 1.165) is 17.7 Å². The summed E-state index contributed by atoms with van der Waals surface area (Å²) < 4.78 is 45.2. The van der Waals surface area contributed by atoms with Crippen LogP contribution in [0.25, 0.3) is 11.5 Å². The zero-order chi connectivity index (χ0) is 19.8. The third-order valence-electron chi connectivity index (χ3n) is 4.42. The van der Waals surface area contributed by atoms with Gasteiger partial charge in [0.2, 0.25) is 0 Å². The highest BCUT2D eigenvalue weighted by atomic mass is 19.4. The van der Waals surface area contributed by atoms with E-state index in [1.165, 1.54) is 31.6 Å². The van der Waals surface area contributed by atoms with Crippen molar-refractivity contribution < 1.29 is 22.7 Å². The summed E-state index contributed by atoms with van der Waals surface area (Å²) >= 11 is 0. The Bertz CT molecular complexity index is 809. The summed E-state index contributed by atoms with van der Waals surface area (Å²) in [4.78, 5) is 22.1. The largest absolute Gasteiger partial charge is 0.485 e. The minimum atomic E-state index is -4.42. The molecule has 0 aromatic carbocycles. The van der Waals surface area contributed by atoms with Gasteiger partial charge in [0.1, 0.15) is 12.6 Å². The number of aromatic nitrogens is 3. The summed E-state index contributed by atoms with van der Waals surface area (Å²) in [5.74, 6) is 0.251. The molecule has 3 rings (SSSR count). The number of hydrogen-bond donors (Lipinski definition) is 0. The van der Waals surface area contributed by atoms with Gasteiger partial charge in [-0.25, -0.2) is 9.97 Å². The maximum atomic E-state index is 12.8. The lowest BCUT2D eigenvalue weighted by Gasteiger charge is -2.41. The predicted octanol–water partition coefficient (Wildman–Crippen LogP) is 3.18. The van der Waals surface area contributed by atoms with Gasteiger partial charge in [0, 0.05) is 30.9 Å². The Morgan fingerprint density at radius 1 is 1.30 bits per heavy atom. The van der Waals surface area contributed by atoms with Crippen molar-refractivity contribution in [3.63, 3.8) is 0 Å². The number of alkyl halides is 3. The second-order valence-corrected chi connectivity index (χ2v) is 6.94. The predicted molar refractivity (Wildman–Crippen MR) is 92.6 cm³/mol. The molecule has 0 N–H and O–H groups in total. The standard InChI is InChI=1S/C18H21F3N4O2/c1-11(2)24-8-15(9-24)27-14-5-22-17(23-6-14)16-4-13(12(3)26)7-25(16)10-18(19,20)21/h4-7,11,15H,8-10H2,1-3H3. The minimum absolute atomic E-state index is 0.0558. The zero-order valence-electron chi connectivity index (χ0n) is 15.3. The van der Waals surface area contributed by atoms with Crippen LogP contribution in [-0.4, -0.2) is 56.6 Å². The molecule has 1 saturated heterocycles. The fourth-order valence-corrected chi connectivity index (χ4v) is 2.88. The van der Waals surface area contributed by atoms with Crippen LogP contribution in [0, 0.1) is 0 Å². The molecule has 146 valence electrons. The third-order valence-corrected chi connectivity index (χ3v) is 4.42. The molecule has 3 heterocycles. The average molecular weight is 382 g/mol. The first kappa shape index (κ1) is 19.3. The molecule has 0 atom stereocenters. The summed E-state index contributed by atoms with van der Waals surface area (Å²) in [5.41, 5.74) is 0.320. The highest BCUT2D eigenvalue weighted by Crippen LogP contribution is 2.26. The van der Waals surface area contributed by atoms with Gasteiger partial charge >= 0.3 is 6.18 Å². The number of ketones is 1. The molecule has 9 heteroatoms. The highest BCUT2D eigenvalue weighted by Gasteiger charge is 2.31. The third kappa shape index (κ3) is 4.65. The van der Waals surface area contributed by atoms with Crippen LogP contribution in [0.3, 0.4) is 0 Å². The Kier molecular flexibility index (Phi) is 5.23. The van der Waals surface area contributed by atoms with Crippen molar-refractivity contribution in [3.8, 4) is 17.3 Å². The quantitative estimate of drug-likeness (QED) is 0.718. The van der Waals surface area contributed by atoms with E-state index in [4.69, 9.17) is 4.74 Å². The lowest BCUT2D eigenvalue weighted by molar-refractivity contribution is -0.140. The molecule has 0 saturated carbocycles. The molecular formula is C18H21F3N4O2. The maximum Gasteiger partial charge on any atom is 0.406 e. The molecule has 0 amide bonds. The lowest BCUT2D eigenvalue weighted by atomic mass is 10.1. The number of hydrogen-bond acceptors (Lipinski definition) is 5. The normalized spacial score (nSPS) is 15.8. The number of rotatable bonds is 6. The van der Waals surface area contributed by atoms with E-state index in [2.05, 4.69) is 28.7 Å². The van der Waals surface area contributed by atoms with Gasteiger partial charge in [0.05, 0.1) is 18.1 Å². The van der Waals surface area contributed by atoms with Crippen molar-refractivity contribution >= 4 is 5.78 Å². The molecule has 2 aromatic rings. The number of Topliss-reactive ketones (excluding diaryl/α,β-unsaturated/α-hetero) is 1. The number of halogens is 3. The van der Waals surface area contributed by atoms with Crippen LogP contribution < -0.4 is 4.74 Å². The molecule has 0 bridgehead atoms. The Morgan fingerprint density at radius 3 is 2.44 bits per heavy atom. The van der Waals surface area contributed by atoms with E-state index in [9.17, 15) is 18.0 Å². The molecule has 6 nitrogen and oxygen atoms in total. The Labute approximate surface area is 155 Å². The van der Waals surface area contributed by atoms with Crippen LogP contribution in [-0.2, 0) is 6.54 Å². The van der Waals surface area contributed by atoms with E-state index in [0.29, 0.717) is 11.8 Å². The number of carbonyl (C=O) groups excluding carboxylic acids is 1. The summed E-state index contributed by atoms with van der Waals surface area (Å²) in [7, 11) is 0. The number of carbonyl (C=O) groups is 1. The van der Waals surface area contributed by atoms with Crippen molar-refractivity contribution in [2.75, 3.05) is 13.1 Å². The maximum absolute atomic E-state index is 12.8. The van der Waals surface area contributed by atoms with E-state index in [1.807, 2.05) is 0 Å². The second kappa shape index (κ2) is 7.30. The smallest absolute Gasteiger partial charge is 0.406 e. The highest BCUT2D eigenvalue weighted by molar-refractivity contribution is 5.95. The topological polar surface area (TPSA) is 60.2 Å². The van der Waals surface area contributed by atoms with Gasteiger partial charge in [-0.05, 0) is 26.8 Å². The van der Waals surface area contributed by atoms with Gasteiger partial charge in [0.15, 0.2) is 17.4 Å². The van der Waals surface area contributed by atoms with Crippen molar-refractivity contribution in [1.29, 1.82) is 0 Å². The van der Waals surface area contributed by atoms with Gasteiger partial charge in [-0.15, -0.1) is 0 Å². The molecule has 1 fully saturated rings. The SMILES string of the molecule is CC(=O)c1cc(-c2ncc(OC3CN(C(C)C)C3)cn2)n(CC(F)(F)F)c1. The van der Waals surface area contributed by atoms with Crippen LogP contribution >= 0.6 is 0 Å². The van der Waals surface area contributed by atoms with Crippen molar-refractivity contribution in [2.45, 2.75) is 45.6 Å². The van der Waals surface area contributed by atoms with E-state index in [-0.39, 0.29) is 29.0 Å². The molecule has 27 heavy (non-hydrogen) atoms. The van der Waals surface area contributed by atoms with Gasteiger partial charge in [-0.1, -0.05) is 0 Å². The Morgan fingerprint density at radius 2 is 1.93 bits per heavy atom. The number of nitrogens with zero attached hydrogens (tertiary/aromatic N) is 4. The van der Waals surface area contributed by atoms with Crippen LogP contribution in [0.1, 0.15) is 31.1 Å². The summed E-state index contributed by atoms with van der Waals surface area (Å²) in [6.45, 7) is 5.93. The van der Waals surface area contributed by atoms with Gasteiger partial charge in [0.25, 0.3) is 0 Å². The average Bonchev–Trinajstić information content (AvgIpc) is 2.92. The fraction of sp³-hybridized carbons (Fsp3) is 0.500. The molecule has 1 aliphatic heterocycles. The van der Waals surface area contributed by atoms with E-state index >= 15 is 0 Å². The zero-order valence-corrected chi connectivity index (χ0v) is 15.3. The van der Waals surface area contributed by atoms with Crippen LogP contribution in [0.5, 0.6) is 5.75 Å². The Hall–Kier alpha value is -2.42. The van der Waals surface area contributed by atoms with Crippen LogP contribution in [0.2, 0.25) is 0 Å². The van der Waals surface area contributed by atoms with Crippen molar-refractivity contribution in [3.05, 3.63) is 30.2 Å². The second-order valence-electron chi connectivity index (χ2n) is 6.94. The fourth-order valence-electron chi connectivity index (χ4n) is 2.88.